The van der Waals surface area contributed by atoms with Gasteiger partial charge in [0.1, 0.15) is 0 Å². The van der Waals surface area contributed by atoms with Crippen LogP contribution in [-0.2, 0) is 10.2 Å². The van der Waals surface area contributed by atoms with Crippen LogP contribution in [-0.4, -0.2) is 24.2 Å². The van der Waals surface area contributed by atoms with Gasteiger partial charge in [-0.2, -0.15) is 0 Å². The van der Waals surface area contributed by atoms with E-state index in [0.29, 0.717) is 0 Å². The molecule has 0 saturated heterocycles. The minimum atomic E-state index is -0.566. The van der Waals surface area contributed by atoms with Gasteiger partial charge >= 0.3 is 0 Å². The van der Waals surface area contributed by atoms with Crippen molar-refractivity contribution in [1.82, 2.24) is 5.16 Å². The van der Waals surface area contributed by atoms with Crippen LogP contribution in [0.1, 0.15) is 37.9 Å². The number of rotatable bonds is 7. The van der Waals surface area contributed by atoms with Crippen molar-refractivity contribution in [2.75, 3.05) is 23.3 Å². The van der Waals surface area contributed by atoms with Gasteiger partial charge in [0.2, 0.25) is 5.91 Å². The van der Waals surface area contributed by atoms with Gasteiger partial charge in [0.15, 0.2) is 5.76 Å². The van der Waals surface area contributed by atoms with Crippen LogP contribution in [0.3, 0.4) is 0 Å². The Morgan fingerprint density at radius 1 is 1.25 bits per heavy atom. The largest absolute Gasteiger partial charge is 0.372 e. The number of amides is 1. The van der Waals surface area contributed by atoms with E-state index in [1.165, 1.54) is 5.69 Å². The van der Waals surface area contributed by atoms with Crippen LogP contribution in [0.2, 0.25) is 0 Å². The van der Waals surface area contributed by atoms with Crippen molar-refractivity contribution in [3.8, 4) is 10.6 Å². The van der Waals surface area contributed by atoms with Gasteiger partial charge in [-0.15, -0.1) is 11.3 Å². The van der Waals surface area contributed by atoms with Crippen molar-refractivity contribution in [3.63, 3.8) is 0 Å². The molecule has 4 rings (SSSR count). The number of aryl methyl sites for hydroxylation is 1. The lowest BCUT2D eigenvalue weighted by molar-refractivity contribution is -0.118. The Balaban J connectivity index is 1.52. The summed E-state index contributed by atoms with van der Waals surface area (Å²) in [7, 11) is 0. The SMILES string of the molecule is CCN(CC)c1ccc(NC(=O)C2(c3cc(-c4cccs4)on3)CC2)c(C)c1. The zero-order chi connectivity index (χ0) is 19.7. The molecule has 0 atom stereocenters. The predicted molar refractivity (Wildman–Crippen MR) is 114 cm³/mol. The minimum absolute atomic E-state index is 0.00258. The Kier molecular flexibility index (Phi) is 4.98. The summed E-state index contributed by atoms with van der Waals surface area (Å²) in [6, 6.07) is 12.1. The Morgan fingerprint density at radius 3 is 2.64 bits per heavy atom. The normalized spacial score (nSPS) is 14.7. The number of hydrogen-bond donors (Lipinski definition) is 1. The third-order valence-electron chi connectivity index (χ3n) is 5.54. The average Bonchev–Trinajstić information content (AvgIpc) is 3.09. The maximum absolute atomic E-state index is 13.1. The number of aromatic nitrogens is 1. The summed E-state index contributed by atoms with van der Waals surface area (Å²) >= 11 is 1.60. The highest BCUT2D eigenvalue weighted by Crippen LogP contribution is 2.49. The number of carbonyl (C=O) groups excluding carboxylic acids is 1. The van der Waals surface area contributed by atoms with Crippen LogP contribution in [0.15, 0.2) is 46.3 Å². The molecule has 0 aliphatic heterocycles. The smallest absolute Gasteiger partial charge is 0.236 e. The maximum atomic E-state index is 13.1. The van der Waals surface area contributed by atoms with Gasteiger partial charge in [-0.05, 0) is 68.8 Å². The molecular weight excluding hydrogens is 370 g/mol. The fraction of sp³-hybridized carbons (Fsp3) is 0.364. The van der Waals surface area contributed by atoms with E-state index in [1.54, 1.807) is 11.3 Å². The van der Waals surface area contributed by atoms with Crippen LogP contribution in [0.25, 0.3) is 10.6 Å². The topological polar surface area (TPSA) is 58.4 Å². The summed E-state index contributed by atoms with van der Waals surface area (Å²) in [4.78, 5) is 16.4. The van der Waals surface area contributed by atoms with Crippen LogP contribution in [0, 0.1) is 6.92 Å². The van der Waals surface area contributed by atoms with E-state index in [-0.39, 0.29) is 5.91 Å². The highest BCUT2D eigenvalue weighted by atomic mass is 32.1. The maximum Gasteiger partial charge on any atom is 0.236 e. The zero-order valence-corrected chi connectivity index (χ0v) is 17.3. The first-order chi connectivity index (χ1) is 13.6. The fourth-order valence-electron chi connectivity index (χ4n) is 3.58. The molecule has 6 heteroatoms. The number of benzene rings is 1. The second-order valence-electron chi connectivity index (χ2n) is 7.26. The molecule has 28 heavy (non-hydrogen) atoms. The number of hydrogen-bond acceptors (Lipinski definition) is 5. The molecule has 2 aromatic heterocycles. The second kappa shape index (κ2) is 7.43. The standard InChI is InChI=1S/C22H25N3O2S/c1-4-25(5-2)16-8-9-17(15(3)13-16)23-21(26)22(10-11-22)20-14-18(27-24-20)19-7-6-12-28-19/h6-9,12-14H,4-5,10-11H2,1-3H3,(H,23,26). The van der Waals surface area contributed by atoms with Crippen LogP contribution in [0.5, 0.6) is 0 Å². The van der Waals surface area contributed by atoms with E-state index in [9.17, 15) is 4.79 Å². The van der Waals surface area contributed by atoms with Gasteiger partial charge in [-0.1, -0.05) is 11.2 Å². The zero-order valence-electron chi connectivity index (χ0n) is 16.5. The van der Waals surface area contributed by atoms with Crippen molar-refractivity contribution in [1.29, 1.82) is 0 Å². The summed E-state index contributed by atoms with van der Waals surface area (Å²) in [5.74, 6) is 0.723. The third-order valence-corrected chi connectivity index (χ3v) is 6.42. The molecule has 1 amide bonds. The third kappa shape index (κ3) is 3.33. The van der Waals surface area contributed by atoms with Crippen molar-refractivity contribution in [3.05, 3.63) is 53.0 Å². The minimum Gasteiger partial charge on any atom is -0.372 e. The molecular formula is C22H25N3O2S. The van der Waals surface area contributed by atoms with Crippen molar-refractivity contribution in [2.45, 2.75) is 39.0 Å². The lowest BCUT2D eigenvalue weighted by Gasteiger charge is -2.22. The lowest BCUT2D eigenvalue weighted by atomic mass is 10.0. The fourth-order valence-corrected chi connectivity index (χ4v) is 4.25. The first-order valence-corrected chi connectivity index (χ1v) is 10.6. The number of thiophene rings is 1. The highest BCUT2D eigenvalue weighted by Gasteiger charge is 2.54. The molecule has 1 aliphatic carbocycles. The molecule has 3 aromatic rings. The number of carbonyl (C=O) groups is 1. The monoisotopic (exact) mass is 395 g/mol. The van der Waals surface area contributed by atoms with E-state index in [2.05, 4.69) is 41.4 Å². The number of nitrogens with zero attached hydrogens (tertiary/aromatic N) is 2. The van der Waals surface area contributed by atoms with Gasteiger partial charge in [-0.3, -0.25) is 4.79 Å². The summed E-state index contributed by atoms with van der Waals surface area (Å²) < 4.78 is 5.50. The second-order valence-corrected chi connectivity index (χ2v) is 8.21. The van der Waals surface area contributed by atoms with Gasteiger partial charge in [0, 0.05) is 30.5 Å². The van der Waals surface area contributed by atoms with Crippen molar-refractivity contribution >= 4 is 28.6 Å². The molecule has 1 N–H and O–H groups in total. The highest BCUT2D eigenvalue weighted by molar-refractivity contribution is 7.13. The quantitative estimate of drug-likeness (QED) is 0.595. The summed E-state index contributed by atoms with van der Waals surface area (Å²) in [5.41, 5.74) is 3.26. The molecule has 1 fully saturated rings. The van der Waals surface area contributed by atoms with Gasteiger partial charge in [-0.25, -0.2) is 0 Å². The van der Waals surface area contributed by atoms with E-state index in [4.69, 9.17) is 4.52 Å². The van der Waals surface area contributed by atoms with E-state index in [0.717, 1.165) is 53.5 Å². The predicted octanol–water partition coefficient (Wildman–Crippen LogP) is 5.23. The molecule has 0 radical (unpaired) electrons. The molecule has 5 nitrogen and oxygen atoms in total. The Hall–Kier alpha value is -2.60. The summed E-state index contributed by atoms with van der Waals surface area (Å²) in [6.45, 7) is 8.25. The van der Waals surface area contributed by atoms with Crippen LogP contribution >= 0.6 is 11.3 Å². The molecule has 0 unspecified atom stereocenters. The molecule has 2 heterocycles. The molecule has 1 aliphatic rings. The molecule has 0 spiro atoms. The number of anilines is 2. The first kappa shape index (κ1) is 18.7. The van der Waals surface area contributed by atoms with Gasteiger partial charge < -0.3 is 14.7 Å². The molecule has 0 bridgehead atoms. The van der Waals surface area contributed by atoms with Crippen molar-refractivity contribution in [2.24, 2.45) is 0 Å². The number of nitrogens with one attached hydrogen (secondary N) is 1. The van der Waals surface area contributed by atoms with E-state index >= 15 is 0 Å². The Bertz CT molecular complexity index is 970. The lowest BCUT2D eigenvalue weighted by Crippen LogP contribution is -2.28. The van der Waals surface area contributed by atoms with Crippen LogP contribution in [0.4, 0.5) is 11.4 Å². The summed E-state index contributed by atoms with van der Waals surface area (Å²) in [6.07, 6.45) is 1.59. The average molecular weight is 396 g/mol. The van der Waals surface area contributed by atoms with E-state index in [1.807, 2.05) is 36.6 Å². The molecule has 146 valence electrons. The van der Waals surface area contributed by atoms with Gasteiger partial charge in [0.25, 0.3) is 0 Å². The Morgan fingerprint density at radius 2 is 2.04 bits per heavy atom. The first-order valence-electron chi connectivity index (χ1n) is 9.75. The summed E-state index contributed by atoms with van der Waals surface area (Å²) in [5, 5.41) is 9.34. The molecule has 1 saturated carbocycles. The van der Waals surface area contributed by atoms with Crippen LogP contribution < -0.4 is 10.2 Å². The van der Waals surface area contributed by atoms with Crippen molar-refractivity contribution < 1.29 is 9.32 Å². The van der Waals surface area contributed by atoms with Gasteiger partial charge in [0.05, 0.1) is 16.0 Å². The molecule has 1 aromatic carbocycles. The Labute approximate surface area is 169 Å². The van der Waals surface area contributed by atoms with E-state index < -0.39 is 5.41 Å².